The summed E-state index contributed by atoms with van der Waals surface area (Å²) in [6, 6.07) is 11.6. The molecule has 0 bridgehead atoms. The Kier molecular flexibility index (Phi) is 6.32. The minimum absolute atomic E-state index is 0.0300. The number of sulfonamides is 1. The van der Waals surface area contributed by atoms with E-state index in [0.29, 0.717) is 11.3 Å². The van der Waals surface area contributed by atoms with Crippen molar-refractivity contribution < 1.29 is 18.1 Å². The first-order valence-electron chi connectivity index (χ1n) is 8.34. The van der Waals surface area contributed by atoms with Crippen molar-refractivity contribution in [3.8, 4) is 0 Å². The first-order valence-corrected chi connectivity index (χ1v) is 9.82. The summed E-state index contributed by atoms with van der Waals surface area (Å²) in [4.78, 5) is 22.2. The number of amides is 1. The van der Waals surface area contributed by atoms with Gasteiger partial charge in [-0.3, -0.25) is 14.9 Å². The molecular weight excluding hydrogens is 382 g/mol. The van der Waals surface area contributed by atoms with Gasteiger partial charge in [0.2, 0.25) is 15.9 Å². The molecule has 0 atom stereocenters. The molecule has 0 fully saturated rings. The molecule has 148 valence electrons. The second-order valence-electron chi connectivity index (χ2n) is 7.05. The summed E-state index contributed by atoms with van der Waals surface area (Å²) in [6.07, 6.45) is 2.80. The molecule has 2 rings (SSSR count). The molecule has 0 spiro atoms. The maximum Gasteiger partial charge on any atom is 0.269 e. The third kappa shape index (κ3) is 6.29. The Morgan fingerprint density at radius 1 is 1.04 bits per heavy atom. The Bertz CT molecular complexity index is 989. The summed E-state index contributed by atoms with van der Waals surface area (Å²) in [5.41, 5.74) is 0.440. The Hall–Kier alpha value is -3.04. The molecule has 1 amide bonds. The van der Waals surface area contributed by atoms with Crippen molar-refractivity contribution >= 4 is 33.4 Å². The Labute approximate surface area is 163 Å². The van der Waals surface area contributed by atoms with Crippen molar-refractivity contribution in [3.63, 3.8) is 0 Å². The molecule has 0 aliphatic rings. The van der Waals surface area contributed by atoms with Crippen molar-refractivity contribution in [1.29, 1.82) is 0 Å². The summed E-state index contributed by atoms with van der Waals surface area (Å²) in [5, 5.41) is 13.2. The van der Waals surface area contributed by atoms with Crippen LogP contribution in [0, 0.1) is 10.1 Å². The molecule has 0 unspecified atom stereocenters. The third-order valence-electron chi connectivity index (χ3n) is 3.40. The molecule has 0 radical (unpaired) electrons. The topological polar surface area (TPSA) is 118 Å². The van der Waals surface area contributed by atoms with Gasteiger partial charge in [-0.1, -0.05) is 0 Å². The zero-order chi connectivity index (χ0) is 20.9. The number of non-ortho nitro benzene ring substituents is 1. The van der Waals surface area contributed by atoms with E-state index in [-0.39, 0.29) is 10.6 Å². The van der Waals surface area contributed by atoms with Gasteiger partial charge in [-0.05, 0) is 68.8 Å². The number of nitrogens with zero attached hydrogens (tertiary/aromatic N) is 1. The van der Waals surface area contributed by atoms with Crippen LogP contribution in [0.25, 0.3) is 6.08 Å². The van der Waals surface area contributed by atoms with E-state index in [1.54, 1.807) is 20.8 Å². The fourth-order valence-corrected chi connectivity index (χ4v) is 3.66. The molecule has 8 nitrogen and oxygen atoms in total. The number of carbonyl (C=O) groups excluding carboxylic acids is 1. The monoisotopic (exact) mass is 403 g/mol. The standard InChI is InChI=1S/C19H21N3O5S/c1-19(2,3)21-28(26,27)17-11-7-15(8-12-17)20-18(23)13-6-14-4-9-16(10-5-14)22(24)25/h4-13,21H,1-3H3,(H,20,23). The molecular formula is C19H21N3O5S. The minimum atomic E-state index is -3.64. The Morgan fingerprint density at radius 3 is 2.11 bits per heavy atom. The second kappa shape index (κ2) is 8.32. The lowest BCUT2D eigenvalue weighted by molar-refractivity contribution is -0.384. The average Bonchev–Trinajstić information content (AvgIpc) is 2.59. The number of nitro groups is 1. The highest BCUT2D eigenvalue weighted by molar-refractivity contribution is 7.89. The zero-order valence-corrected chi connectivity index (χ0v) is 16.5. The lowest BCUT2D eigenvalue weighted by atomic mass is 10.1. The SMILES string of the molecule is CC(C)(C)NS(=O)(=O)c1ccc(NC(=O)C=Cc2ccc([N+](=O)[O-])cc2)cc1. The number of hydrogen-bond donors (Lipinski definition) is 2. The summed E-state index contributed by atoms with van der Waals surface area (Å²) < 4.78 is 27.1. The number of hydrogen-bond acceptors (Lipinski definition) is 5. The highest BCUT2D eigenvalue weighted by Crippen LogP contribution is 2.17. The molecule has 2 aromatic carbocycles. The highest BCUT2D eigenvalue weighted by Gasteiger charge is 2.21. The molecule has 9 heteroatoms. The number of carbonyl (C=O) groups is 1. The number of rotatable bonds is 6. The van der Waals surface area contributed by atoms with E-state index in [9.17, 15) is 23.3 Å². The van der Waals surface area contributed by atoms with Crippen LogP contribution >= 0.6 is 0 Å². The average molecular weight is 403 g/mol. The molecule has 0 saturated heterocycles. The van der Waals surface area contributed by atoms with E-state index in [2.05, 4.69) is 10.0 Å². The normalized spacial score (nSPS) is 12.1. The largest absolute Gasteiger partial charge is 0.323 e. The quantitative estimate of drug-likeness (QED) is 0.436. The lowest BCUT2D eigenvalue weighted by Crippen LogP contribution is -2.40. The van der Waals surface area contributed by atoms with E-state index in [4.69, 9.17) is 0 Å². The molecule has 0 heterocycles. The maximum atomic E-state index is 12.3. The van der Waals surface area contributed by atoms with Crippen LogP contribution in [-0.4, -0.2) is 24.8 Å². The van der Waals surface area contributed by atoms with Crippen molar-refractivity contribution in [1.82, 2.24) is 4.72 Å². The van der Waals surface area contributed by atoms with Crippen LogP contribution in [0.4, 0.5) is 11.4 Å². The lowest BCUT2D eigenvalue weighted by Gasteiger charge is -2.20. The molecule has 0 aliphatic carbocycles. The number of nitro benzene ring substituents is 1. The Balaban J connectivity index is 2.01. The van der Waals surface area contributed by atoms with E-state index in [1.807, 2.05) is 0 Å². The first kappa shape index (κ1) is 21.3. The van der Waals surface area contributed by atoms with Crippen LogP contribution in [0.5, 0.6) is 0 Å². The Morgan fingerprint density at radius 2 is 1.61 bits per heavy atom. The molecule has 28 heavy (non-hydrogen) atoms. The van der Waals surface area contributed by atoms with Gasteiger partial charge < -0.3 is 5.32 Å². The minimum Gasteiger partial charge on any atom is -0.323 e. The van der Waals surface area contributed by atoms with Crippen molar-refractivity contribution in [2.45, 2.75) is 31.2 Å². The predicted octanol–water partition coefficient (Wildman–Crippen LogP) is 3.32. The molecule has 0 aliphatic heterocycles. The van der Waals surface area contributed by atoms with E-state index in [1.165, 1.54) is 60.7 Å². The second-order valence-corrected chi connectivity index (χ2v) is 8.73. The van der Waals surface area contributed by atoms with Crippen molar-refractivity contribution in [2.75, 3.05) is 5.32 Å². The van der Waals surface area contributed by atoms with Crippen LogP contribution in [-0.2, 0) is 14.8 Å². The van der Waals surface area contributed by atoms with Crippen molar-refractivity contribution in [3.05, 3.63) is 70.3 Å². The molecule has 2 N–H and O–H groups in total. The van der Waals surface area contributed by atoms with E-state index < -0.39 is 26.4 Å². The number of anilines is 1. The molecule has 0 saturated carbocycles. The van der Waals surface area contributed by atoms with Gasteiger partial charge in [-0.15, -0.1) is 0 Å². The van der Waals surface area contributed by atoms with Gasteiger partial charge in [0.15, 0.2) is 0 Å². The van der Waals surface area contributed by atoms with Gasteiger partial charge in [0.25, 0.3) is 5.69 Å². The van der Waals surface area contributed by atoms with Gasteiger partial charge in [0.05, 0.1) is 9.82 Å². The van der Waals surface area contributed by atoms with Crippen LogP contribution in [0.2, 0.25) is 0 Å². The van der Waals surface area contributed by atoms with Gasteiger partial charge in [0, 0.05) is 29.4 Å². The van der Waals surface area contributed by atoms with Gasteiger partial charge >= 0.3 is 0 Å². The maximum absolute atomic E-state index is 12.3. The van der Waals surface area contributed by atoms with Gasteiger partial charge in [-0.2, -0.15) is 0 Å². The number of benzene rings is 2. The predicted molar refractivity (Wildman–Crippen MR) is 107 cm³/mol. The first-order chi connectivity index (χ1) is 13.0. The van der Waals surface area contributed by atoms with Crippen molar-refractivity contribution in [2.24, 2.45) is 0 Å². The summed E-state index contributed by atoms with van der Waals surface area (Å²) in [6.45, 7) is 5.24. The fourth-order valence-electron chi connectivity index (χ4n) is 2.24. The van der Waals surface area contributed by atoms with Gasteiger partial charge in [0.1, 0.15) is 0 Å². The summed E-state index contributed by atoms with van der Waals surface area (Å²) >= 11 is 0. The van der Waals surface area contributed by atoms with Crippen LogP contribution in [0.1, 0.15) is 26.3 Å². The van der Waals surface area contributed by atoms with E-state index in [0.717, 1.165) is 0 Å². The molecule has 0 aromatic heterocycles. The fraction of sp³-hybridized carbons (Fsp3) is 0.211. The third-order valence-corrected chi connectivity index (χ3v) is 5.18. The van der Waals surface area contributed by atoms with Gasteiger partial charge in [-0.25, -0.2) is 13.1 Å². The summed E-state index contributed by atoms with van der Waals surface area (Å²) in [5.74, 6) is -0.415. The smallest absolute Gasteiger partial charge is 0.269 e. The van der Waals surface area contributed by atoms with Crippen LogP contribution < -0.4 is 10.0 Å². The molecule has 2 aromatic rings. The van der Waals surface area contributed by atoms with Crippen LogP contribution in [0.3, 0.4) is 0 Å². The van der Waals surface area contributed by atoms with Crippen LogP contribution in [0.15, 0.2) is 59.5 Å². The zero-order valence-electron chi connectivity index (χ0n) is 15.7. The summed E-state index contributed by atoms with van der Waals surface area (Å²) in [7, 11) is -3.64. The van der Waals surface area contributed by atoms with E-state index >= 15 is 0 Å². The number of nitrogens with one attached hydrogen (secondary N) is 2. The highest BCUT2D eigenvalue weighted by atomic mass is 32.2.